The summed E-state index contributed by atoms with van der Waals surface area (Å²) in [5.41, 5.74) is 1.15. The van der Waals surface area contributed by atoms with E-state index in [1.165, 1.54) is 34.9 Å². The fraction of sp³-hybridized carbons (Fsp3) is 0.111. The van der Waals surface area contributed by atoms with Crippen LogP contribution in [0.3, 0.4) is 0 Å². The van der Waals surface area contributed by atoms with Gasteiger partial charge < -0.3 is 14.6 Å². The summed E-state index contributed by atoms with van der Waals surface area (Å²) in [5.74, 6) is 0.156. The van der Waals surface area contributed by atoms with Crippen LogP contribution in [0.5, 0.6) is 11.6 Å². The summed E-state index contributed by atoms with van der Waals surface area (Å²) in [4.78, 5) is 16.4. The van der Waals surface area contributed by atoms with Gasteiger partial charge in [-0.2, -0.15) is 0 Å². The number of nitrogens with one attached hydrogen (secondary N) is 1. The zero-order valence-corrected chi connectivity index (χ0v) is 15.2. The van der Waals surface area contributed by atoms with Crippen LogP contribution in [0.1, 0.15) is 16.1 Å². The number of nitrogens with zero attached hydrogens (tertiary/aromatic N) is 2. The minimum Gasteiger partial charge on any atom is -0.439 e. The molecule has 1 amide bonds. The maximum atomic E-state index is 12.9. The first-order valence-electron chi connectivity index (χ1n) is 7.61. The van der Waals surface area contributed by atoms with E-state index in [1.807, 2.05) is 0 Å². The lowest BCUT2D eigenvalue weighted by Gasteiger charge is -2.09. The SMILES string of the molecule is Cn1c(C(=O)NCc2ccnc(Oc3ccc(F)cc3)c2)cc(Cl)c1Cl. The number of carbonyl (C=O) groups excluding carboxylic acids is 1. The summed E-state index contributed by atoms with van der Waals surface area (Å²) in [6.07, 6.45) is 1.57. The van der Waals surface area contributed by atoms with E-state index in [0.717, 1.165) is 5.56 Å². The van der Waals surface area contributed by atoms with Crippen molar-refractivity contribution in [3.63, 3.8) is 0 Å². The van der Waals surface area contributed by atoms with E-state index in [-0.39, 0.29) is 18.3 Å². The Morgan fingerprint density at radius 3 is 2.62 bits per heavy atom. The number of pyridine rings is 1. The topological polar surface area (TPSA) is 56.2 Å². The van der Waals surface area contributed by atoms with E-state index in [2.05, 4.69) is 10.3 Å². The number of carbonyl (C=O) groups is 1. The molecule has 2 aromatic heterocycles. The molecule has 0 aliphatic heterocycles. The molecular weight excluding hydrogens is 380 g/mol. The number of benzene rings is 1. The molecular formula is C18H14Cl2FN3O2. The van der Waals surface area contributed by atoms with Crippen molar-refractivity contribution < 1.29 is 13.9 Å². The highest BCUT2D eigenvalue weighted by atomic mass is 35.5. The second-order valence-electron chi connectivity index (χ2n) is 5.47. The van der Waals surface area contributed by atoms with Crippen molar-refractivity contribution in [2.24, 2.45) is 7.05 Å². The molecule has 3 aromatic rings. The van der Waals surface area contributed by atoms with Crippen molar-refractivity contribution in [2.75, 3.05) is 0 Å². The molecule has 134 valence electrons. The second-order valence-corrected chi connectivity index (χ2v) is 6.23. The van der Waals surface area contributed by atoms with Crippen LogP contribution < -0.4 is 10.1 Å². The van der Waals surface area contributed by atoms with E-state index in [9.17, 15) is 9.18 Å². The van der Waals surface area contributed by atoms with Crippen molar-refractivity contribution >= 4 is 29.1 Å². The predicted molar refractivity (Wildman–Crippen MR) is 97.3 cm³/mol. The number of aromatic nitrogens is 2. The van der Waals surface area contributed by atoms with Gasteiger partial charge in [0.05, 0.1) is 5.02 Å². The van der Waals surface area contributed by atoms with Crippen LogP contribution in [0.15, 0.2) is 48.7 Å². The lowest BCUT2D eigenvalue weighted by atomic mass is 10.2. The first-order valence-corrected chi connectivity index (χ1v) is 8.37. The minimum absolute atomic E-state index is 0.265. The van der Waals surface area contributed by atoms with Gasteiger partial charge in [-0.25, -0.2) is 9.37 Å². The van der Waals surface area contributed by atoms with Gasteiger partial charge >= 0.3 is 0 Å². The number of halogens is 3. The molecule has 0 atom stereocenters. The average molecular weight is 394 g/mol. The molecule has 0 aliphatic rings. The van der Waals surface area contributed by atoms with Crippen molar-refractivity contribution in [2.45, 2.75) is 6.54 Å². The van der Waals surface area contributed by atoms with Gasteiger partial charge in [-0.05, 0) is 42.0 Å². The molecule has 2 heterocycles. The molecule has 1 N–H and O–H groups in total. The zero-order chi connectivity index (χ0) is 18.7. The third-order valence-electron chi connectivity index (χ3n) is 3.64. The van der Waals surface area contributed by atoms with Gasteiger partial charge in [0.1, 0.15) is 22.4 Å². The summed E-state index contributed by atoms with van der Waals surface area (Å²) < 4.78 is 20.0. The Morgan fingerprint density at radius 2 is 1.96 bits per heavy atom. The van der Waals surface area contributed by atoms with Crippen LogP contribution in [0, 0.1) is 5.82 Å². The van der Waals surface area contributed by atoms with E-state index >= 15 is 0 Å². The fourth-order valence-corrected chi connectivity index (χ4v) is 2.65. The summed E-state index contributed by atoms with van der Waals surface area (Å²) in [7, 11) is 1.66. The molecule has 26 heavy (non-hydrogen) atoms. The van der Waals surface area contributed by atoms with Crippen LogP contribution in [0.25, 0.3) is 0 Å². The highest BCUT2D eigenvalue weighted by Crippen LogP contribution is 2.25. The van der Waals surface area contributed by atoms with Gasteiger partial charge in [0.25, 0.3) is 5.91 Å². The van der Waals surface area contributed by atoms with Gasteiger partial charge in [-0.1, -0.05) is 23.2 Å². The van der Waals surface area contributed by atoms with Gasteiger partial charge in [-0.15, -0.1) is 0 Å². The number of amides is 1. The Morgan fingerprint density at radius 1 is 1.23 bits per heavy atom. The molecule has 0 bridgehead atoms. The van der Waals surface area contributed by atoms with Crippen molar-refractivity contribution in [1.29, 1.82) is 0 Å². The van der Waals surface area contributed by atoms with Gasteiger partial charge in [-0.3, -0.25) is 4.79 Å². The van der Waals surface area contributed by atoms with E-state index in [4.69, 9.17) is 27.9 Å². The van der Waals surface area contributed by atoms with E-state index in [1.54, 1.807) is 25.4 Å². The number of hydrogen-bond acceptors (Lipinski definition) is 3. The van der Waals surface area contributed by atoms with E-state index in [0.29, 0.717) is 27.5 Å². The Hall–Kier alpha value is -2.57. The summed E-state index contributed by atoms with van der Waals surface area (Å²) in [6.45, 7) is 0.265. The monoisotopic (exact) mass is 393 g/mol. The highest BCUT2D eigenvalue weighted by molar-refractivity contribution is 6.41. The molecule has 0 aliphatic carbocycles. The molecule has 1 aromatic carbocycles. The normalized spacial score (nSPS) is 10.6. The fourth-order valence-electron chi connectivity index (χ4n) is 2.27. The first-order chi connectivity index (χ1) is 12.4. The lowest BCUT2D eigenvalue weighted by Crippen LogP contribution is -2.24. The van der Waals surface area contributed by atoms with Crippen molar-refractivity contribution in [1.82, 2.24) is 14.9 Å². The molecule has 0 unspecified atom stereocenters. The number of hydrogen-bond donors (Lipinski definition) is 1. The Kier molecular flexibility index (Phi) is 5.44. The first kappa shape index (κ1) is 18.2. The molecule has 0 radical (unpaired) electrons. The average Bonchev–Trinajstić information content (AvgIpc) is 2.89. The largest absolute Gasteiger partial charge is 0.439 e. The van der Waals surface area contributed by atoms with Crippen LogP contribution >= 0.6 is 23.2 Å². The van der Waals surface area contributed by atoms with Crippen molar-refractivity contribution in [3.05, 3.63) is 75.9 Å². The maximum Gasteiger partial charge on any atom is 0.268 e. The highest BCUT2D eigenvalue weighted by Gasteiger charge is 2.15. The summed E-state index contributed by atoms with van der Waals surface area (Å²) in [6, 6.07) is 10.6. The van der Waals surface area contributed by atoms with Crippen LogP contribution in [-0.4, -0.2) is 15.5 Å². The van der Waals surface area contributed by atoms with Gasteiger partial charge in [0.15, 0.2) is 0 Å². The van der Waals surface area contributed by atoms with Crippen LogP contribution in [0.4, 0.5) is 4.39 Å². The Balaban J connectivity index is 1.66. The van der Waals surface area contributed by atoms with Gasteiger partial charge in [0, 0.05) is 25.9 Å². The number of ether oxygens (including phenoxy) is 1. The third kappa shape index (κ3) is 4.15. The third-order valence-corrected chi connectivity index (χ3v) is 4.48. The van der Waals surface area contributed by atoms with Crippen LogP contribution in [0.2, 0.25) is 10.2 Å². The molecule has 0 fully saturated rings. The smallest absolute Gasteiger partial charge is 0.268 e. The lowest BCUT2D eigenvalue weighted by molar-refractivity contribution is 0.0942. The quantitative estimate of drug-likeness (QED) is 0.689. The predicted octanol–water partition coefficient (Wildman–Crippen LogP) is 4.59. The molecule has 0 spiro atoms. The standard InChI is InChI=1S/C18H14Cl2FN3O2/c1-24-15(9-14(19)17(24)20)18(25)23-10-11-6-7-22-16(8-11)26-13-4-2-12(21)3-5-13/h2-9H,10H2,1H3,(H,23,25). The summed E-state index contributed by atoms with van der Waals surface area (Å²) in [5, 5.41) is 3.40. The molecule has 0 saturated carbocycles. The Bertz CT molecular complexity index is 942. The summed E-state index contributed by atoms with van der Waals surface area (Å²) >= 11 is 11.9. The Labute approximate surface area is 159 Å². The molecule has 3 rings (SSSR count). The van der Waals surface area contributed by atoms with Crippen LogP contribution in [-0.2, 0) is 13.6 Å². The molecule has 5 nitrogen and oxygen atoms in total. The van der Waals surface area contributed by atoms with Crippen molar-refractivity contribution in [3.8, 4) is 11.6 Å². The maximum absolute atomic E-state index is 12.9. The minimum atomic E-state index is -0.345. The second kappa shape index (κ2) is 7.76. The zero-order valence-electron chi connectivity index (χ0n) is 13.7. The molecule has 0 saturated heterocycles. The molecule has 8 heteroatoms. The number of rotatable bonds is 5. The van der Waals surface area contributed by atoms with Gasteiger partial charge in [0.2, 0.25) is 5.88 Å². The van der Waals surface area contributed by atoms with E-state index < -0.39 is 0 Å².